The van der Waals surface area contributed by atoms with Gasteiger partial charge >= 0.3 is 5.97 Å². The van der Waals surface area contributed by atoms with Gasteiger partial charge in [-0.25, -0.2) is 0 Å². The van der Waals surface area contributed by atoms with Crippen LogP contribution in [-0.4, -0.2) is 105 Å². The van der Waals surface area contributed by atoms with E-state index in [1.54, 1.807) is 0 Å². The monoisotopic (exact) mass is 492 g/mol. The Bertz CT molecular complexity index is 765. The molecule has 0 radical (unpaired) electrons. The number of aliphatic hydroxyl groups excluding tert-OH is 3. The summed E-state index contributed by atoms with van der Waals surface area (Å²) in [4.78, 5) is 58.4. The summed E-state index contributed by atoms with van der Waals surface area (Å²) in [5, 5.41) is 45.5. The Labute approximate surface area is 195 Å². The van der Waals surface area contributed by atoms with E-state index in [1.807, 2.05) is 0 Å². The van der Waals surface area contributed by atoms with Crippen molar-refractivity contribution in [3.63, 3.8) is 0 Å². The van der Waals surface area contributed by atoms with Crippen LogP contribution >= 0.6 is 0 Å². The number of carboxylic acid groups (broad SMARTS) is 1. The van der Waals surface area contributed by atoms with E-state index in [0.29, 0.717) is 0 Å². The zero-order chi connectivity index (χ0) is 26.2. The van der Waals surface area contributed by atoms with E-state index in [1.165, 1.54) is 13.8 Å². The summed E-state index contributed by atoms with van der Waals surface area (Å²) < 4.78 is 10.6. The number of carbonyl (C=O) groups is 5. The summed E-state index contributed by atoms with van der Waals surface area (Å²) in [6.45, 7) is 3.06. The number of carbonyl (C=O) groups excluding carboxylic acids is 4. The second-order valence-electron chi connectivity index (χ2n) is 7.83. The van der Waals surface area contributed by atoms with Crippen LogP contribution in [0.25, 0.3) is 0 Å². The molecule has 9 N–H and O–H groups in total. The second-order valence-corrected chi connectivity index (χ2v) is 7.83. The van der Waals surface area contributed by atoms with Crippen LogP contribution in [0.1, 0.15) is 33.6 Å². The lowest BCUT2D eigenvalue weighted by atomic mass is 9.96. The van der Waals surface area contributed by atoms with Crippen molar-refractivity contribution in [3.8, 4) is 0 Å². The summed E-state index contributed by atoms with van der Waals surface area (Å²) in [6, 6.07) is -3.71. The molecule has 0 spiro atoms. The topological polar surface area (TPSA) is 247 Å². The van der Waals surface area contributed by atoms with Crippen molar-refractivity contribution >= 4 is 29.6 Å². The molecule has 1 aliphatic heterocycles. The summed E-state index contributed by atoms with van der Waals surface area (Å²) in [5.41, 5.74) is 5.16. The number of amides is 4. The zero-order valence-corrected chi connectivity index (χ0v) is 19.0. The summed E-state index contributed by atoms with van der Waals surface area (Å²) in [5.74, 6) is -4.34. The van der Waals surface area contributed by atoms with Crippen LogP contribution in [0, 0.1) is 0 Å². The maximum atomic E-state index is 12.5. The van der Waals surface area contributed by atoms with Gasteiger partial charge in [0.2, 0.25) is 23.6 Å². The third kappa shape index (κ3) is 8.49. The molecule has 8 atom stereocenters. The highest BCUT2D eigenvalue weighted by atomic mass is 16.6. The highest BCUT2D eigenvalue weighted by Crippen LogP contribution is 2.23. The average molecular weight is 492 g/mol. The second kappa shape index (κ2) is 13.1. The third-order valence-corrected chi connectivity index (χ3v) is 5.03. The van der Waals surface area contributed by atoms with Crippen LogP contribution in [0.4, 0.5) is 0 Å². The lowest BCUT2D eigenvalue weighted by Crippen LogP contribution is -2.65. The largest absolute Gasteiger partial charge is 0.481 e. The van der Waals surface area contributed by atoms with E-state index < -0.39 is 91.5 Å². The molecule has 34 heavy (non-hydrogen) atoms. The van der Waals surface area contributed by atoms with Gasteiger partial charge in [0.1, 0.15) is 42.5 Å². The van der Waals surface area contributed by atoms with Gasteiger partial charge in [0.15, 0.2) is 6.29 Å². The summed E-state index contributed by atoms with van der Waals surface area (Å²) in [6.07, 6.45) is -7.74. The number of rotatable bonds is 12. The van der Waals surface area contributed by atoms with Crippen molar-refractivity contribution in [2.75, 3.05) is 6.61 Å². The number of nitrogens with two attached hydrogens (primary N) is 1. The molecule has 15 nitrogen and oxygen atoms in total. The number of primary amides is 1. The third-order valence-electron chi connectivity index (χ3n) is 5.03. The Morgan fingerprint density at radius 3 is 2.21 bits per heavy atom. The maximum absolute atomic E-state index is 12.5. The fraction of sp³-hybridized carbons (Fsp3) is 0.737. The van der Waals surface area contributed by atoms with Crippen LogP contribution in [0.5, 0.6) is 0 Å². The van der Waals surface area contributed by atoms with Crippen molar-refractivity contribution in [2.24, 2.45) is 5.73 Å². The first-order valence-electron chi connectivity index (χ1n) is 10.4. The van der Waals surface area contributed by atoms with Gasteiger partial charge in [-0.15, -0.1) is 0 Å². The minimum Gasteiger partial charge on any atom is -0.481 e. The quantitative estimate of drug-likeness (QED) is 0.129. The first-order valence-corrected chi connectivity index (χ1v) is 10.4. The van der Waals surface area contributed by atoms with E-state index in [2.05, 4.69) is 16.0 Å². The lowest BCUT2D eigenvalue weighted by molar-refractivity contribution is -0.266. The molecule has 0 aliphatic carbocycles. The number of hydrogen-bond acceptors (Lipinski definition) is 10. The zero-order valence-electron chi connectivity index (χ0n) is 19.0. The molecule has 0 bridgehead atoms. The summed E-state index contributed by atoms with van der Waals surface area (Å²) >= 11 is 0. The van der Waals surface area contributed by atoms with Crippen molar-refractivity contribution in [3.05, 3.63) is 0 Å². The van der Waals surface area contributed by atoms with Gasteiger partial charge in [0, 0.05) is 13.3 Å². The fourth-order valence-electron chi connectivity index (χ4n) is 3.18. The number of aliphatic hydroxyl groups is 3. The molecule has 4 amide bonds. The van der Waals surface area contributed by atoms with E-state index in [-0.39, 0.29) is 6.42 Å². The maximum Gasteiger partial charge on any atom is 0.303 e. The van der Waals surface area contributed by atoms with Gasteiger partial charge in [0.25, 0.3) is 0 Å². The lowest BCUT2D eigenvalue weighted by Gasteiger charge is -2.43. The predicted octanol–water partition coefficient (Wildman–Crippen LogP) is -4.33. The molecular weight excluding hydrogens is 460 g/mol. The van der Waals surface area contributed by atoms with E-state index in [0.717, 1.165) is 6.92 Å². The van der Waals surface area contributed by atoms with Crippen LogP contribution < -0.4 is 21.7 Å². The van der Waals surface area contributed by atoms with Crippen molar-refractivity contribution in [2.45, 2.75) is 82.4 Å². The van der Waals surface area contributed by atoms with Crippen molar-refractivity contribution in [1.82, 2.24) is 16.0 Å². The molecule has 15 heteroatoms. The molecule has 1 saturated heterocycles. The Morgan fingerprint density at radius 1 is 1.09 bits per heavy atom. The Morgan fingerprint density at radius 2 is 1.71 bits per heavy atom. The van der Waals surface area contributed by atoms with E-state index in [4.69, 9.17) is 20.3 Å². The molecule has 1 aliphatic rings. The minimum atomic E-state index is -1.65. The number of carboxylic acids is 1. The van der Waals surface area contributed by atoms with Gasteiger partial charge < -0.3 is 51.6 Å². The van der Waals surface area contributed by atoms with Crippen molar-refractivity contribution < 1.29 is 53.9 Å². The SMILES string of the molecule is CC(=O)N[C@@H]1[C@@H](O[C@H](C)C(=O)N[C@H](C)C(=O)N[C@H](CCC(=O)O)C(N)=O)[C@H](O)[C@@H](CO)O[C@H]1O. The fourth-order valence-corrected chi connectivity index (χ4v) is 3.18. The average Bonchev–Trinajstić information content (AvgIpc) is 2.74. The molecule has 1 fully saturated rings. The number of hydrogen-bond donors (Lipinski definition) is 8. The highest BCUT2D eigenvalue weighted by molar-refractivity contribution is 5.92. The van der Waals surface area contributed by atoms with Crippen molar-refractivity contribution in [1.29, 1.82) is 0 Å². The molecule has 0 aromatic carbocycles. The van der Waals surface area contributed by atoms with Gasteiger partial charge in [-0.3, -0.25) is 24.0 Å². The molecule has 0 unspecified atom stereocenters. The van der Waals surface area contributed by atoms with Gasteiger partial charge in [-0.2, -0.15) is 0 Å². The first-order chi connectivity index (χ1) is 15.8. The number of aliphatic carboxylic acids is 1. The van der Waals surface area contributed by atoms with Gasteiger partial charge in [-0.1, -0.05) is 0 Å². The Hall–Kier alpha value is -2.85. The first kappa shape index (κ1) is 29.2. The predicted molar refractivity (Wildman–Crippen MR) is 112 cm³/mol. The highest BCUT2D eigenvalue weighted by Gasteiger charge is 2.47. The Kier molecular flexibility index (Phi) is 11.3. The molecule has 1 heterocycles. The smallest absolute Gasteiger partial charge is 0.303 e. The van der Waals surface area contributed by atoms with Crippen LogP contribution in [0.3, 0.4) is 0 Å². The normalized spacial score (nSPS) is 27.1. The van der Waals surface area contributed by atoms with Crippen LogP contribution in [-0.2, 0) is 33.4 Å². The molecule has 0 aromatic rings. The van der Waals surface area contributed by atoms with Crippen LogP contribution in [0.15, 0.2) is 0 Å². The van der Waals surface area contributed by atoms with E-state index >= 15 is 0 Å². The molecule has 1 rings (SSSR count). The number of ether oxygens (including phenoxy) is 2. The molecule has 0 aromatic heterocycles. The molecule has 194 valence electrons. The minimum absolute atomic E-state index is 0.239. The Balaban J connectivity index is 2.80. The molecule has 0 saturated carbocycles. The molecular formula is C19H32N4O11. The number of nitrogens with one attached hydrogen (secondary N) is 3. The van der Waals surface area contributed by atoms with Gasteiger partial charge in [0.05, 0.1) is 6.61 Å². The van der Waals surface area contributed by atoms with E-state index in [9.17, 15) is 39.3 Å². The summed E-state index contributed by atoms with van der Waals surface area (Å²) in [7, 11) is 0. The standard InChI is InChI=1S/C19H32N4O11/c1-7(17(30)23-10(16(20)29)4-5-12(26)27)21-18(31)8(2)33-15-13(22-9(3)25)19(32)34-11(6-24)14(15)28/h7-8,10-11,13-15,19,24,28,32H,4-6H2,1-3H3,(H2,20,29)(H,21,31)(H,22,25)(H,23,30)(H,26,27)/t7-,8-,10-,11-,13-,14-,15-,19-/m1/s1. The van der Waals surface area contributed by atoms with Crippen LogP contribution in [0.2, 0.25) is 0 Å². The van der Waals surface area contributed by atoms with Gasteiger partial charge in [-0.05, 0) is 20.3 Å².